The molecule has 1 aromatic rings. The zero-order valence-corrected chi connectivity index (χ0v) is 16.0. The summed E-state index contributed by atoms with van der Waals surface area (Å²) in [6, 6.07) is 10.7. The van der Waals surface area contributed by atoms with Crippen LogP contribution in [0, 0.1) is 0 Å². The molecule has 0 aromatic heterocycles. The van der Waals surface area contributed by atoms with Crippen molar-refractivity contribution in [1.82, 2.24) is 0 Å². The second-order valence-corrected chi connectivity index (χ2v) is 12.5. The monoisotopic (exact) mass is 390 g/mol. The van der Waals surface area contributed by atoms with Gasteiger partial charge in [-0.1, -0.05) is 73.7 Å². The van der Waals surface area contributed by atoms with Crippen molar-refractivity contribution in [3.05, 3.63) is 35.9 Å². The molecule has 1 unspecified atom stereocenters. The molecule has 1 nitrogen and oxygen atoms in total. The highest BCUT2D eigenvalue weighted by atomic mass is 127. The number of alkyl halides is 1. The van der Waals surface area contributed by atoms with Gasteiger partial charge in [-0.25, -0.2) is 0 Å². The molecule has 0 amide bonds. The van der Waals surface area contributed by atoms with Gasteiger partial charge < -0.3 is 4.43 Å². The summed E-state index contributed by atoms with van der Waals surface area (Å²) in [6.07, 6.45) is 2.54. The second kappa shape index (κ2) is 7.23. The summed E-state index contributed by atoms with van der Waals surface area (Å²) in [4.78, 5) is 0. The average molecular weight is 390 g/mol. The van der Waals surface area contributed by atoms with E-state index in [0.717, 1.165) is 17.3 Å². The van der Waals surface area contributed by atoms with Crippen molar-refractivity contribution >= 4 is 30.9 Å². The number of benzene rings is 1. The lowest BCUT2D eigenvalue weighted by Gasteiger charge is -2.39. The topological polar surface area (TPSA) is 9.23 Å². The molecule has 0 fully saturated rings. The van der Waals surface area contributed by atoms with Gasteiger partial charge in [0, 0.05) is 10.5 Å². The van der Waals surface area contributed by atoms with Crippen molar-refractivity contribution in [3.63, 3.8) is 0 Å². The van der Waals surface area contributed by atoms with Gasteiger partial charge in [0.25, 0.3) is 0 Å². The predicted octanol–water partition coefficient (Wildman–Crippen LogP) is 5.44. The van der Waals surface area contributed by atoms with Crippen molar-refractivity contribution in [2.45, 2.75) is 57.8 Å². The van der Waals surface area contributed by atoms with Crippen LogP contribution in [0.4, 0.5) is 0 Å². The first-order chi connectivity index (χ1) is 8.76. The molecular weight excluding hydrogens is 363 g/mol. The van der Waals surface area contributed by atoms with Crippen LogP contribution >= 0.6 is 22.6 Å². The largest absolute Gasteiger partial charge is 0.414 e. The van der Waals surface area contributed by atoms with Crippen LogP contribution in [0.5, 0.6) is 0 Å². The lowest BCUT2D eigenvalue weighted by molar-refractivity contribution is 0.178. The van der Waals surface area contributed by atoms with Crippen molar-refractivity contribution in [1.29, 1.82) is 0 Å². The van der Waals surface area contributed by atoms with Crippen LogP contribution < -0.4 is 0 Å². The molecular formula is C16H27IOSi. The normalized spacial score (nSPS) is 14.4. The van der Waals surface area contributed by atoms with Crippen molar-refractivity contribution < 1.29 is 4.43 Å². The van der Waals surface area contributed by atoms with Gasteiger partial charge in [-0.15, -0.1) is 0 Å². The van der Waals surface area contributed by atoms with E-state index in [1.165, 1.54) is 5.56 Å². The fourth-order valence-electron chi connectivity index (χ4n) is 1.79. The third kappa shape index (κ3) is 5.56. The molecule has 1 rings (SSSR count). The Labute approximate surface area is 133 Å². The lowest BCUT2D eigenvalue weighted by atomic mass is 10.1. The van der Waals surface area contributed by atoms with Gasteiger partial charge in [-0.3, -0.25) is 0 Å². The second-order valence-electron chi connectivity index (χ2n) is 6.67. The molecule has 1 aromatic carbocycles. The highest BCUT2D eigenvalue weighted by Crippen LogP contribution is 2.38. The first kappa shape index (κ1) is 17.2. The van der Waals surface area contributed by atoms with Crippen molar-refractivity contribution in [3.8, 4) is 0 Å². The lowest BCUT2D eigenvalue weighted by Crippen LogP contribution is -2.44. The molecule has 0 aliphatic carbocycles. The average Bonchev–Trinajstić information content (AvgIpc) is 2.28. The van der Waals surface area contributed by atoms with Gasteiger partial charge in [0.2, 0.25) is 0 Å². The van der Waals surface area contributed by atoms with Gasteiger partial charge in [-0.2, -0.15) is 0 Å². The molecule has 0 aliphatic heterocycles. The zero-order valence-electron chi connectivity index (χ0n) is 12.9. The van der Waals surface area contributed by atoms with Gasteiger partial charge in [0.1, 0.15) is 0 Å². The van der Waals surface area contributed by atoms with E-state index in [0.29, 0.717) is 6.10 Å². The summed E-state index contributed by atoms with van der Waals surface area (Å²) in [6.45, 7) is 11.6. The molecule has 0 spiro atoms. The van der Waals surface area contributed by atoms with Crippen LogP contribution in [0.2, 0.25) is 18.1 Å². The van der Waals surface area contributed by atoms with Gasteiger partial charge in [0.15, 0.2) is 8.32 Å². The van der Waals surface area contributed by atoms with E-state index in [4.69, 9.17) is 4.43 Å². The smallest absolute Gasteiger partial charge is 0.192 e. The third-order valence-corrected chi connectivity index (χ3v) is 9.16. The summed E-state index contributed by atoms with van der Waals surface area (Å²) >= 11 is 2.45. The zero-order chi connectivity index (χ0) is 14.5. The predicted molar refractivity (Wildman–Crippen MR) is 95.7 cm³/mol. The fraction of sp³-hybridized carbons (Fsp3) is 0.625. The Morgan fingerprint density at radius 2 is 1.74 bits per heavy atom. The minimum absolute atomic E-state index is 0.285. The van der Waals surface area contributed by atoms with Gasteiger partial charge in [-0.05, 0) is 36.5 Å². The van der Waals surface area contributed by atoms with E-state index < -0.39 is 8.32 Å². The quantitative estimate of drug-likeness (QED) is 0.357. The van der Waals surface area contributed by atoms with Gasteiger partial charge >= 0.3 is 0 Å². The molecule has 0 N–H and O–H groups in total. The molecule has 1 atom stereocenters. The van der Waals surface area contributed by atoms with Gasteiger partial charge in [0.05, 0.1) is 0 Å². The van der Waals surface area contributed by atoms with E-state index in [-0.39, 0.29) is 5.04 Å². The SMILES string of the molecule is CC(C)(C)[Si](C)(C)OC(CCI)Cc1ccccc1. The maximum absolute atomic E-state index is 6.58. The minimum atomic E-state index is -1.66. The Morgan fingerprint density at radius 3 is 2.21 bits per heavy atom. The Hall–Kier alpha value is 0.127. The standard InChI is InChI=1S/C16H27IOSi/c1-16(2,3)19(4,5)18-15(11-12-17)13-14-9-7-6-8-10-14/h6-10,15H,11-13H2,1-5H3. The van der Waals surface area contributed by atoms with Crippen LogP contribution in [-0.2, 0) is 10.8 Å². The Morgan fingerprint density at radius 1 is 1.16 bits per heavy atom. The van der Waals surface area contributed by atoms with E-state index in [1.54, 1.807) is 0 Å². The highest BCUT2D eigenvalue weighted by molar-refractivity contribution is 14.1. The molecule has 0 bridgehead atoms. The van der Waals surface area contributed by atoms with Crippen LogP contribution in [0.25, 0.3) is 0 Å². The molecule has 108 valence electrons. The summed E-state index contributed by atoms with van der Waals surface area (Å²) in [5, 5.41) is 0.285. The first-order valence-electron chi connectivity index (χ1n) is 7.04. The Balaban J connectivity index is 2.73. The first-order valence-corrected chi connectivity index (χ1v) is 11.5. The van der Waals surface area contributed by atoms with Crippen LogP contribution in [0.15, 0.2) is 30.3 Å². The summed E-state index contributed by atoms with van der Waals surface area (Å²) in [7, 11) is -1.66. The maximum Gasteiger partial charge on any atom is 0.192 e. The molecule has 0 saturated heterocycles. The molecule has 0 aliphatic rings. The molecule has 0 saturated carbocycles. The number of hydrogen-bond acceptors (Lipinski definition) is 1. The van der Waals surface area contributed by atoms with Crippen LogP contribution in [0.3, 0.4) is 0 Å². The summed E-state index contributed by atoms with van der Waals surface area (Å²) < 4.78 is 7.74. The molecule has 0 radical (unpaired) electrons. The molecule has 19 heavy (non-hydrogen) atoms. The highest BCUT2D eigenvalue weighted by Gasteiger charge is 2.38. The van der Waals surface area contributed by atoms with E-state index >= 15 is 0 Å². The number of halogens is 1. The third-order valence-electron chi connectivity index (χ3n) is 4.00. The van der Waals surface area contributed by atoms with E-state index in [9.17, 15) is 0 Å². The summed E-state index contributed by atoms with van der Waals surface area (Å²) in [5.74, 6) is 0. The van der Waals surface area contributed by atoms with Crippen LogP contribution in [-0.4, -0.2) is 18.8 Å². The minimum Gasteiger partial charge on any atom is -0.414 e. The van der Waals surface area contributed by atoms with E-state index in [2.05, 4.69) is 86.8 Å². The van der Waals surface area contributed by atoms with Crippen molar-refractivity contribution in [2.24, 2.45) is 0 Å². The molecule has 0 heterocycles. The molecule has 3 heteroatoms. The Kier molecular flexibility index (Phi) is 6.53. The Bertz CT molecular complexity index is 370. The van der Waals surface area contributed by atoms with Crippen LogP contribution in [0.1, 0.15) is 32.8 Å². The van der Waals surface area contributed by atoms with Crippen molar-refractivity contribution in [2.75, 3.05) is 4.43 Å². The fourth-order valence-corrected chi connectivity index (χ4v) is 3.88. The summed E-state index contributed by atoms with van der Waals surface area (Å²) in [5.41, 5.74) is 1.39. The maximum atomic E-state index is 6.58. The number of hydrogen-bond donors (Lipinski definition) is 0. The van der Waals surface area contributed by atoms with E-state index in [1.807, 2.05) is 0 Å². The number of rotatable bonds is 6.